The second-order valence-electron chi connectivity index (χ2n) is 5.65. The average molecular weight is 574 g/mol. The van der Waals surface area contributed by atoms with Gasteiger partial charge in [0.05, 0.1) is 0 Å². The van der Waals surface area contributed by atoms with E-state index in [-0.39, 0.29) is 44.4 Å². The fraction of sp³-hybridized carbons (Fsp3) is 0.150. The Morgan fingerprint density at radius 3 is 2.68 bits per heavy atom. The first-order chi connectivity index (χ1) is 11.8. The molecule has 1 aliphatic heterocycles. The van der Waals surface area contributed by atoms with Gasteiger partial charge in [-0.25, -0.2) is 0 Å². The molecule has 0 unspecified atom stereocenters. The molecule has 2 nitrogen and oxygen atoms in total. The van der Waals surface area contributed by atoms with E-state index in [1.54, 1.807) is 0 Å². The molecule has 4 rings (SSSR count). The fourth-order valence-electron chi connectivity index (χ4n) is 2.98. The summed E-state index contributed by atoms with van der Waals surface area (Å²) in [6, 6.07) is 17.4. The number of thioether (sulfide) groups is 1. The van der Waals surface area contributed by atoms with E-state index in [9.17, 15) is 0 Å². The maximum atomic E-state index is 2.39. The number of para-hydroxylation sites is 2. The van der Waals surface area contributed by atoms with Crippen molar-refractivity contribution in [1.29, 1.82) is 0 Å². The Balaban J connectivity index is 0.00000182. The normalized spacial score (nSPS) is 15.1. The molecule has 0 amide bonds. The minimum absolute atomic E-state index is 0. The third kappa shape index (κ3) is 3.71. The third-order valence-electron chi connectivity index (χ3n) is 4.20. The zero-order valence-electron chi connectivity index (χ0n) is 14.1. The van der Waals surface area contributed by atoms with Crippen LogP contribution in [0.4, 0.5) is 5.69 Å². The number of benzene rings is 2. The number of fused-ring (bicyclic) bond motifs is 2. The molecule has 2 heterocycles. The maximum absolute atomic E-state index is 2.39. The molecule has 0 aliphatic carbocycles. The molecule has 1 aromatic heterocycles. The van der Waals surface area contributed by atoms with E-state index >= 15 is 0 Å². The molecule has 0 saturated heterocycles. The van der Waals surface area contributed by atoms with Gasteiger partial charge in [0.25, 0.3) is 0 Å². The van der Waals surface area contributed by atoms with Crippen LogP contribution in [0.3, 0.4) is 0 Å². The van der Waals surface area contributed by atoms with Crippen LogP contribution < -0.4 is 33.4 Å². The minimum Gasteiger partial charge on any atom is -1.00 e. The molecular formula is C20H19IN2STe. The van der Waals surface area contributed by atoms with E-state index in [0.29, 0.717) is 0 Å². The van der Waals surface area contributed by atoms with Gasteiger partial charge in [0.15, 0.2) is 0 Å². The summed E-state index contributed by atoms with van der Waals surface area (Å²) in [5.41, 5.74) is 2.71. The first-order valence-electron chi connectivity index (χ1n) is 8.08. The number of aryl methyl sites for hydroxylation is 1. The predicted molar refractivity (Wildman–Crippen MR) is 105 cm³/mol. The number of nitrogens with zero attached hydrogens (tertiary/aromatic N) is 2. The van der Waals surface area contributed by atoms with Crippen molar-refractivity contribution in [3.05, 3.63) is 69.4 Å². The van der Waals surface area contributed by atoms with E-state index in [4.69, 9.17) is 0 Å². The number of rotatable bonds is 3. The van der Waals surface area contributed by atoms with Crippen LogP contribution >= 0.6 is 11.8 Å². The quantitative estimate of drug-likeness (QED) is 0.264. The van der Waals surface area contributed by atoms with Crippen LogP contribution in [-0.2, 0) is 7.05 Å². The van der Waals surface area contributed by atoms with E-state index in [0.717, 1.165) is 6.54 Å². The molecule has 0 saturated carbocycles. The number of aromatic nitrogens is 1. The van der Waals surface area contributed by atoms with Gasteiger partial charge in [0, 0.05) is 0 Å². The molecule has 0 fully saturated rings. The van der Waals surface area contributed by atoms with Crippen molar-refractivity contribution in [3.63, 3.8) is 0 Å². The Hall–Kier alpha value is -0.740. The topological polar surface area (TPSA) is 7.12 Å². The van der Waals surface area contributed by atoms with Crippen LogP contribution in [-0.4, -0.2) is 27.0 Å². The molecule has 0 N–H and O–H groups in total. The molecule has 2 aromatic carbocycles. The van der Waals surface area contributed by atoms with Crippen molar-refractivity contribution in [2.24, 2.45) is 7.05 Å². The second kappa shape index (κ2) is 8.30. The largest absolute Gasteiger partial charge is 1.00 e. The molecule has 0 radical (unpaired) electrons. The summed E-state index contributed by atoms with van der Waals surface area (Å²) in [5, 5.41) is 1.31. The monoisotopic (exact) mass is 576 g/mol. The van der Waals surface area contributed by atoms with Gasteiger partial charge in [-0.2, -0.15) is 0 Å². The van der Waals surface area contributed by atoms with Crippen LogP contribution in [0, 0.1) is 0 Å². The molecule has 0 atom stereocenters. The number of anilines is 1. The van der Waals surface area contributed by atoms with Crippen molar-refractivity contribution in [3.8, 4) is 0 Å². The van der Waals surface area contributed by atoms with Crippen molar-refractivity contribution in [2.75, 3.05) is 11.4 Å². The molecule has 5 heteroatoms. The molecule has 3 aromatic rings. The first kappa shape index (κ1) is 19.0. The smallest absolute Gasteiger partial charge is 1.00 e. The predicted octanol–water partition coefficient (Wildman–Crippen LogP) is 1.21. The zero-order valence-corrected chi connectivity index (χ0v) is 19.5. The van der Waals surface area contributed by atoms with Gasteiger partial charge in [-0.1, -0.05) is 0 Å². The average Bonchev–Trinajstić information content (AvgIpc) is 3.13. The SMILES string of the molecule is CCN1C(=CC=Cc2[te]c3ccccc3[n+]2C)Sc2ccccc21.[I-]. The summed E-state index contributed by atoms with van der Waals surface area (Å²) in [6.45, 7) is 3.21. The molecule has 0 spiro atoms. The van der Waals surface area contributed by atoms with E-state index in [1.165, 1.54) is 28.2 Å². The van der Waals surface area contributed by atoms with Gasteiger partial charge < -0.3 is 24.0 Å². The summed E-state index contributed by atoms with van der Waals surface area (Å²) >= 11 is 1.60. The minimum atomic E-state index is -0.261. The fourth-order valence-corrected chi connectivity index (χ4v) is 7.16. The number of allylic oxidation sites excluding steroid dienone is 2. The Labute approximate surface area is 179 Å². The Morgan fingerprint density at radius 1 is 1.12 bits per heavy atom. The zero-order chi connectivity index (χ0) is 16.5. The summed E-state index contributed by atoms with van der Waals surface area (Å²) < 4.78 is 5.36. The molecule has 0 bridgehead atoms. The number of halogens is 1. The standard InChI is InChI=1S/C20H19N2STe.HI/c1-3-22-15-9-4-6-11-17(15)23-19(22)13-8-14-20-21(2)16-10-5-7-12-18(16)24-20;/h4-14H,3H2,1-2H3;1H/q+1;/p-1. The molecule has 1 aliphatic rings. The molecular weight excluding hydrogens is 555 g/mol. The van der Waals surface area contributed by atoms with Gasteiger partial charge >= 0.3 is 157 Å². The Kier molecular flexibility index (Phi) is 6.32. The van der Waals surface area contributed by atoms with Crippen LogP contribution in [0.5, 0.6) is 0 Å². The van der Waals surface area contributed by atoms with E-state index < -0.39 is 0 Å². The number of hydrogen-bond donors (Lipinski definition) is 0. The van der Waals surface area contributed by atoms with Crippen molar-refractivity contribution >= 4 is 52.9 Å². The summed E-state index contributed by atoms with van der Waals surface area (Å²) in [4.78, 5) is 3.74. The van der Waals surface area contributed by atoms with Gasteiger partial charge in [0.1, 0.15) is 0 Å². The summed E-state index contributed by atoms with van der Waals surface area (Å²) in [5.74, 6) is 0. The molecule has 128 valence electrons. The first-order valence-corrected chi connectivity index (χ1v) is 11.2. The second-order valence-corrected chi connectivity index (χ2v) is 9.74. The Bertz CT molecular complexity index is 961. The van der Waals surface area contributed by atoms with Gasteiger partial charge in [-0.15, -0.1) is 0 Å². The van der Waals surface area contributed by atoms with Crippen molar-refractivity contribution in [1.82, 2.24) is 0 Å². The number of hydrogen-bond acceptors (Lipinski definition) is 2. The van der Waals surface area contributed by atoms with Gasteiger partial charge in [0.2, 0.25) is 0 Å². The van der Waals surface area contributed by atoms with Gasteiger partial charge in [-0.05, 0) is 0 Å². The van der Waals surface area contributed by atoms with E-state index in [2.05, 4.69) is 90.2 Å². The summed E-state index contributed by atoms with van der Waals surface area (Å²) in [6.07, 6.45) is 6.77. The van der Waals surface area contributed by atoms with Crippen LogP contribution in [0.25, 0.3) is 15.0 Å². The van der Waals surface area contributed by atoms with Crippen LogP contribution in [0.1, 0.15) is 10.6 Å². The van der Waals surface area contributed by atoms with E-state index in [1.807, 2.05) is 11.8 Å². The van der Waals surface area contributed by atoms with Crippen molar-refractivity contribution < 1.29 is 28.5 Å². The Morgan fingerprint density at radius 2 is 1.88 bits per heavy atom. The van der Waals surface area contributed by atoms with Gasteiger partial charge in [-0.3, -0.25) is 0 Å². The maximum Gasteiger partial charge on any atom is -1.00 e. The van der Waals surface area contributed by atoms with Crippen LogP contribution in [0.15, 0.2) is 70.6 Å². The third-order valence-corrected chi connectivity index (χ3v) is 8.71. The van der Waals surface area contributed by atoms with Crippen LogP contribution in [0.2, 0.25) is 0 Å². The van der Waals surface area contributed by atoms with Crippen molar-refractivity contribution in [2.45, 2.75) is 11.8 Å². The summed E-state index contributed by atoms with van der Waals surface area (Å²) in [7, 11) is 2.18. The molecule has 25 heavy (non-hydrogen) atoms.